The summed E-state index contributed by atoms with van der Waals surface area (Å²) in [4.78, 5) is 0. The highest BCUT2D eigenvalue weighted by Crippen LogP contribution is 2.44. The van der Waals surface area contributed by atoms with Gasteiger partial charge in [0.2, 0.25) is 0 Å². The fraction of sp³-hybridized carbons (Fsp3) is 0.0725. The van der Waals surface area contributed by atoms with Crippen LogP contribution in [0.25, 0.3) is 111 Å². The number of furan rings is 1. The third-order valence-corrected chi connectivity index (χ3v) is 12.8. The predicted octanol–water partition coefficient (Wildman–Crippen LogP) is 20.3. The predicted molar refractivity (Wildman–Crippen MR) is 308 cm³/mol. The molecule has 12 rings (SSSR count). The summed E-state index contributed by atoms with van der Waals surface area (Å²) in [7, 11) is 0. The van der Waals surface area contributed by atoms with E-state index in [-0.39, 0.29) is 0 Å². The molecule has 0 aliphatic heterocycles. The average Bonchev–Trinajstić information content (AvgIpc) is 4.01. The first-order valence-electron chi connectivity index (χ1n) is 24.9. The molecule has 2 nitrogen and oxygen atoms in total. The van der Waals surface area contributed by atoms with E-state index in [9.17, 15) is 0 Å². The Hall–Kier alpha value is -8.72. The molecule has 346 valence electrons. The van der Waals surface area contributed by atoms with Crippen LogP contribution in [0.15, 0.2) is 266 Å². The Morgan fingerprint density at radius 2 is 0.817 bits per heavy atom. The zero-order valence-electron chi connectivity index (χ0n) is 41.3. The molecular formula is C69H59NO. The van der Waals surface area contributed by atoms with Crippen LogP contribution in [0, 0.1) is 0 Å². The number of hydrogen-bond donors (Lipinski definition) is 0. The molecule has 0 saturated carbocycles. The van der Waals surface area contributed by atoms with E-state index in [1.807, 2.05) is 58.0 Å². The number of hydrogen-bond acceptors (Lipinski definition) is 1. The van der Waals surface area contributed by atoms with E-state index < -0.39 is 0 Å². The molecule has 71 heavy (non-hydrogen) atoms. The standard InChI is InChI=1S/C54H35NO.C11H12.2C2H6/c1-2-16-36(17-3-1)40-20-4-6-22-43(40)45-24-8-9-25-46(45)44-23-7-5-21-41(44)38-32-33-53-50(35-38)49-29-15-28-42(54(49)56-53)37-18-14-19-39(34-37)55-51-30-12-10-26-47(51)48-27-11-13-31-52(48)55;1-3-7-10(2)11-8-5-4-6-9-11;2*1-2/h1-35H;3-9H,1H2,2H3;2*1-2H3/b;10-7+;;. The van der Waals surface area contributed by atoms with Gasteiger partial charge < -0.3 is 8.98 Å². The Bertz CT molecular complexity index is 3720. The molecule has 0 aliphatic carbocycles. The summed E-state index contributed by atoms with van der Waals surface area (Å²) < 4.78 is 9.11. The van der Waals surface area contributed by atoms with Gasteiger partial charge in [0.1, 0.15) is 11.2 Å². The van der Waals surface area contributed by atoms with Gasteiger partial charge in [-0.25, -0.2) is 0 Å². The quantitative estimate of drug-likeness (QED) is 0.139. The minimum Gasteiger partial charge on any atom is -0.455 e. The van der Waals surface area contributed by atoms with E-state index in [1.165, 1.54) is 71.9 Å². The molecule has 10 aromatic carbocycles. The summed E-state index contributed by atoms with van der Waals surface area (Å²) in [5, 5.41) is 4.73. The van der Waals surface area contributed by atoms with Crippen molar-refractivity contribution in [2.24, 2.45) is 0 Å². The third kappa shape index (κ3) is 9.54. The van der Waals surface area contributed by atoms with Gasteiger partial charge in [0.15, 0.2) is 0 Å². The highest BCUT2D eigenvalue weighted by atomic mass is 16.3. The summed E-state index contributed by atoms with van der Waals surface area (Å²) in [6.07, 6.45) is 3.82. The third-order valence-electron chi connectivity index (χ3n) is 12.8. The highest BCUT2D eigenvalue weighted by Gasteiger charge is 2.19. The molecule has 2 heteroatoms. The van der Waals surface area contributed by atoms with Crippen LogP contribution in [0.4, 0.5) is 0 Å². The van der Waals surface area contributed by atoms with Gasteiger partial charge in [0.05, 0.1) is 11.0 Å². The molecule has 0 atom stereocenters. The minimum absolute atomic E-state index is 0.879. The summed E-state index contributed by atoms with van der Waals surface area (Å²) >= 11 is 0. The Balaban J connectivity index is 0.000000364. The molecule has 0 fully saturated rings. The van der Waals surface area contributed by atoms with Crippen molar-refractivity contribution in [3.63, 3.8) is 0 Å². The summed E-state index contributed by atoms with van der Waals surface area (Å²) in [5.41, 5.74) is 19.6. The smallest absolute Gasteiger partial charge is 0.143 e. The average molecular weight is 918 g/mol. The van der Waals surface area contributed by atoms with E-state index >= 15 is 0 Å². The second kappa shape index (κ2) is 22.1. The number of allylic oxidation sites excluding steroid dienone is 3. The molecule has 0 radical (unpaired) electrons. The van der Waals surface area contributed by atoms with Gasteiger partial charge in [0, 0.05) is 32.8 Å². The van der Waals surface area contributed by atoms with Crippen molar-refractivity contribution in [2.45, 2.75) is 34.6 Å². The molecule has 0 unspecified atom stereocenters. The second-order valence-electron chi connectivity index (χ2n) is 16.9. The maximum atomic E-state index is 6.74. The first kappa shape index (κ1) is 47.4. The zero-order valence-corrected chi connectivity index (χ0v) is 41.3. The lowest BCUT2D eigenvalue weighted by molar-refractivity contribution is 0.670. The Kier molecular flexibility index (Phi) is 14.8. The van der Waals surface area contributed by atoms with Crippen LogP contribution in [0.1, 0.15) is 40.2 Å². The van der Waals surface area contributed by atoms with Crippen molar-refractivity contribution >= 4 is 49.3 Å². The second-order valence-corrected chi connectivity index (χ2v) is 16.9. The van der Waals surface area contributed by atoms with Crippen molar-refractivity contribution in [2.75, 3.05) is 0 Å². The molecule has 0 N–H and O–H groups in total. The van der Waals surface area contributed by atoms with Crippen LogP contribution in [0.5, 0.6) is 0 Å². The van der Waals surface area contributed by atoms with Crippen LogP contribution < -0.4 is 0 Å². The monoisotopic (exact) mass is 917 g/mol. The van der Waals surface area contributed by atoms with Crippen LogP contribution in [0.2, 0.25) is 0 Å². The van der Waals surface area contributed by atoms with Gasteiger partial charge >= 0.3 is 0 Å². The summed E-state index contributed by atoms with van der Waals surface area (Å²) in [6.45, 7) is 13.7. The van der Waals surface area contributed by atoms with Crippen molar-refractivity contribution < 1.29 is 4.42 Å². The number of nitrogens with zero attached hydrogens (tertiary/aromatic N) is 1. The van der Waals surface area contributed by atoms with Crippen LogP contribution in [0.3, 0.4) is 0 Å². The van der Waals surface area contributed by atoms with E-state index in [4.69, 9.17) is 4.42 Å². The normalized spacial score (nSPS) is 11.0. The van der Waals surface area contributed by atoms with Crippen LogP contribution in [-0.4, -0.2) is 4.57 Å². The number of aromatic nitrogens is 1. The highest BCUT2D eigenvalue weighted by molar-refractivity contribution is 6.12. The van der Waals surface area contributed by atoms with Gasteiger partial charge in [-0.05, 0) is 105 Å². The molecule has 0 aliphatic rings. The molecule has 0 amide bonds. The van der Waals surface area contributed by atoms with Gasteiger partial charge in [-0.1, -0.05) is 253 Å². The lowest BCUT2D eigenvalue weighted by Crippen LogP contribution is -1.94. The van der Waals surface area contributed by atoms with Gasteiger partial charge in [-0.2, -0.15) is 0 Å². The Morgan fingerprint density at radius 1 is 0.380 bits per heavy atom. The van der Waals surface area contributed by atoms with Crippen molar-refractivity contribution in [3.05, 3.63) is 267 Å². The van der Waals surface area contributed by atoms with Gasteiger partial charge in [0.25, 0.3) is 0 Å². The molecule has 12 aromatic rings. The first-order valence-corrected chi connectivity index (χ1v) is 24.9. The van der Waals surface area contributed by atoms with E-state index in [1.54, 1.807) is 0 Å². The largest absolute Gasteiger partial charge is 0.455 e. The van der Waals surface area contributed by atoms with Crippen molar-refractivity contribution in [3.8, 4) is 61.3 Å². The summed E-state index contributed by atoms with van der Waals surface area (Å²) in [5.74, 6) is 0. The molecule has 0 saturated heterocycles. The molecule has 2 heterocycles. The lowest BCUT2D eigenvalue weighted by atomic mass is 9.86. The molecular weight excluding hydrogens is 859 g/mol. The zero-order chi connectivity index (χ0) is 49.1. The summed E-state index contributed by atoms with van der Waals surface area (Å²) in [6, 6.07) is 86.5. The minimum atomic E-state index is 0.879. The van der Waals surface area contributed by atoms with Crippen molar-refractivity contribution in [1.29, 1.82) is 0 Å². The fourth-order valence-electron chi connectivity index (χ4n) is 9.69. The SMILES string of the molecule is C=C/C=C(\C)c1ccccc1.CC.CC.c1ccc(-c2ccccc2-c2ccccc2-c2ccccc2-c2ccc3oc4c(-c5cccc(-n6c7ccccc7c7ccccc76)c5)cccc4c3c2)cc1. The fourth-order valence-corrected chi connectivity index (χ4v) is 9.69. The maximum absolute atomic E-state index is 6.74. The van der Waals surface area contributed by atoms with E-state index in [0.717, 1.165) is 44.3 Å². The number of rotatable bonds is 8. The van der Waals surface area contributed by atoms with E-state index in [2.05, 4.69) is 243 Å². The Morgan fingerprint density at radius 3 is 1.41 bits per heavy atom. The van der Waals surface area contributed by atoms with Gasteiger partial charge in [-0.15, -0.1) is 0 Å². The van der Waals surface area contributed by atoms with Crippen LogP contribution >= 0.6 is 0 Å². The molecule has 0 bridgehead atoms. The van der Waals surface area contributed by atoms with Crippen LogP contribution in [-0.2, 0) is 0 Å². The maximum Gasteiger partial charge on any atom is 0.143 e. The number of para-hydroxylation sites is 3. The topological polar surface area (TPSA) is 18.1 Å². The molecule has 2 aromatic heterocycles. The van der Waals surface area contributed by atoms with Gasteiger partial charge in [-0.3, -0.25) is 0 Å². The first-order chi connectivity index (χ1) is 35.1. The number of fused-ring (bicyclic) bond motifs is 6. The number of benzene rings is 10. The Labute approximate surface area is 419 Å². The lowest BCUT2D eigenvalue weighted by Gasteiger charge is -2.17. The van der Waals surface area contributed by atoms with E-state index in [0.29, 0.717) is 0 Å². The van der Waals surface area contributed by atoms with Crippen molar-refractivity contribution in [1.82, 2.24) is 4.57 Å². The molecule has 0 spiro atoms.